The second kappa shape index (κ2) is 9.36. The van der Waals surface area contributed by atoms with Crippen molar-refractivity contribution in [1.82, 2.24) is 19.1 Å². The van der Waals surface area contributed by atoms with Crippen LogP contribution in [0.1, 0.15) is 17.7 Å². The fourth-order valence-corrected chi connectivity index (χ4v) is 9.82. The first-order chi connectivity index (χ1) is 17.9. The van der Waals surface area contributed by atoms with Gasteiger partial charge in [-0.2, -0.15) is 0 Å². The zero-order valence-electron chi connectivity index (χ0n) is 20.9. The van der Waals surface area contributed by atoms with E-state index >= 15 is 0 Å². The molecule has 188 valence electrons. The van der Waals surface area contributed by atoms with Crippen molar-refractivity contribution in [2.24, 2.45) is 13.0 Å². The van der Waals surface area contributed by atoms with Crippen molar-refractivity contribution in [3.63, 3.8) is 0 Å². The van der Waals surface area contributed by atoms with E-state index in [1.54, 1.807) is 30.8 Å². The highest BCUT2D eigenvalue weighted by atomic mass is 35.5. The van der Waals surface area contributed by atoms with E-state index in [-0.39, 0.29) is 5.56 Å². The van der Waals surface area contributed by atoms with Gasteiger partial charge in [0.2, 0.25) is 0 Å². The van der Waals surface area contributed by atoms with Crippen LogP contribution in [0.25, 0.3) is 21.5 Å². The molecule has 1 aromatic carbocycles. The summed E-state index contributed by atoms with van der Waals surface area (Å²) in [5, 5.41) is 4.66. The number of pyridine rings is 2. The van der Waals surface area contributed by atoms with Gasteiger partial charge in [-0.3, -0.25) is 9.36 Å². The van der Waals surface area contributed by atoms with Gasteiger partial charge in [-0.05, 0) is 66.4 Å². The van der Waals surface area contributed by atoms with Crippen LogP contribution in [0.5, 0.6) is 0 Å². The summed E-state index contributed by atoms with van der Waals surface area (Å²) >= 11 is 7.96. The van der Waals surface area contributed by atoms with Crippen LogP contribution in [-0.4, -0.2) is 34.5 Å². The molecule has 5 aromatic rings. The molecule has 9 heteroatoms. The number of aryl methyl sites for hydroxylation is 2. The number of halogens is 1. The fraction of sp³-hybridized carbons (Fsp3) is 0.250. The molecule has 4 aromatic heterocycles. The molecule has 6 rings (SSSR count). The summed E-state index contributed by atoms with van der Waals surface area (Å²) in [4.78, 5) is 25.0. The Morgan fingerprint density at radius 2 is 1.89 bits per heavy atom. The Morgan fingerprint density at radius 3 is 2.51 bits per heavy atom. The lowest BCUT2D eigenvalue weighted by Gasteiger charge is -2.31. The molecule has 0 radical (unpaired) electrons. The van der Waals surface area contributed by atoms with Crippen molar-refractivity contribution >= 4 is 58.0 Å². The predicted molar refractivity (Wildman–Crippen MR) is 153 cm³/mol. The first-order valence-electron chi connectivity index (χ1n) is 12.3. The number of benzene rings is 1. The molecule has 1 saturated carbocycles. The summed E-state index contributed by atoms with van der Waals surface area (Å²) in [6.45, 7) is 2.79. The van der Waals surface area contributed by atoms with Gasteiger partial charge in [0.25, 0.3) is 5.56 Å². The molecular formula is C28H27ClN4O2SSi. The molecule has 0 N–H and O–H groups in total. The Bertz CT molecular complexity index is 1670. The SMILES string of the molecule is CO[Si@](c1ccc(Cl)cc1)(c1cnc2c(c1)c(-c1ccc(C)s1)cc(=O)n2CC1CC1)c1cncn1C. The van der Waals surface area contributed by atoms with Crippen LogP contribution in [0.2, 0.25) is 5.02 Å². The predicted octanol–water partition coefficient (Wildman–Crippen LogP) is 3.84. The van der Waals surface area contributed by atoms with Crippen molar-refractivity contribution in [3.05, 3.63) is 87.5 Å². The lowest BCUT2D eigenvalue weighted by atomic mass is 10.1. The van der Waals surface area contributed by atoms with Gasteiger partial charge in [0.15, 0.2) is 0 Å². The number of rotatable bonds is 7. The van der Waals surface area contributed by atoms with Crippen LogP contribution in [0.15, 0.2) is 72.0 Å². The van der Waals surface area contributed by atoms with Crippen LogP contribution in [-0.2, 0) is 18.0 Å². The third kappa shape index (κ3) is 4.18. The number of hydrogen-bond donors (Lipinski definition) is 0. The van der Waals surface area contributed by atoms with Crippen molar-refractivity contribution in [2.75, 3.05) is 7.11 Å². The highest BCUT2D eigenvalue weighted by Gasteiger charge is 2.44. The van der Waals surface area contributed by atoms with Gasteiger partial charge in [-0.1, -0.05) is 23.7 Å². The lowest BCUT2D eigenvalue weighted by Crippen LogP contribution is -2.70. The van der Waals surface area contributed by atoms with Gasteiger partial charge in [0.1, 0.15) is 5.65 Å². The molecule has 6 nitrogen and oxygen atoms in total. The van der Waals surface area contributed by atoms with E-state index in [1.165, 1.54) is 4.88 Å². The van der Waals surface area contributed by atoms with E-state index in [4.69, 9.17) is 21.0 Å². The van der Waals surface area contributed by atoms with Crippen molar-refractivity contribution in [3.8, 4) is 10.4 Å². The van der Waals surface area contributed by atoms with Gasteiger partial charge >= 0.3 is 8.32 Å². The first kappa shape index (κ1) is 24.3. The topological polar surface area (TPSA) is 61.9 Å². The summed E-state index contributed by atoms with van der Waals surface area (Å²) in [6.07, 6.45) is 7.90. The summed E-state index contributed by atoms with van der Waals surface area (Å²) in [6, 6.07) is 16.0. The molecule has 0 aliphatic heterocycles. The van der Waals surface area contributed by atoms with Crippen molar-refractivity contribution in [1.29, 1.82) is 0 Å². The standard InChI is InChI=1S/C28H27ClN4O2SSi/c1-18-4-11-25(36-18)23-13-26(34)33(16-19-5-6-19)28-24(23)12-22(14-31-28)37(35-3,27-15-30-17-32(27)2)21-9-7-20(29)8-10-21/h4,7-15,17,19H,5-6,16H2,1-3H3/t37-/m1/s1. The molecule has 4 heterocycles. The minimum atomic E-state index is -3.00. The van der Waals surface area contributed by atoms with E-state index in [9.17, 15) is 4.79 Å². The second-order valence-electron chi connectivity index (χ2n) is 9.74. The van der Waals surface area contributed by atoms with Crippen LogP contribution < -0.4 is 21.2 Å². The Balaban J connectivity index is 1.66. The molecular weight excluding hydrogens is 520 g/mol. The van der Waals surface area contributed by atoms with Crippen LogP contribution in [0.4, 0.5) is 0 Å². The number of hydrogen-bond acceptors (Lipinski definition) is 5. The summed E-state index contributed by atoms with van der Waals surface area (Å²) in [7, 11) is 0.742. The molecule has 1 atom stereocenters. The van der Waals surface area contributed by atoms with Crippen molar-refractivity contribution < 1.29 is 4.43 Å². The van der Waals surface area contributed by atoms with Gasteiger partial charge in [-0.25, -0.2) is 9.97 Å². The Kier molecular flexibility index (Phi) is 6.15. The molecule has 0 saturated heterocycles. The summed E-state index contributed by atoms with van der Waals surface area (Å²) < 4.78 is 10.4. The smallest absolute Gasteiger partial charge is 0.307 e. The molecule has 0 bridgehead atoms. The van der Waals surface area contributed by atoms with Gasteiger partial charge < -0.3 is 8.99 Å². The van der Waals surface area contributed by atoms with Gasteiger partial charge in [0.05, 0.1) is 11.6 Å². The van der Waals surface area contributed by atoms with E-state index in [2.05, 4.69) is 30.1 Å². The number of fused-ring (bicyclic) bond motifs is 1. The third-order valence-corrected chi connectivity index (χ3v) is 12.6. The van der Waals surface area contributed by atoms with E-state index in [0.29, 0.717) is 17.5 Å². The minimum absolute atomic E-state index is 0.000267. The average Bonchev–Trinajstić information content (AvgIpc) is 3.46. The lowest BCUT2D eigenvalue weighted by molar-refractivity contribution is 0.425. The third-order valence-electron chi connectivity index (χ3n) is 7.23. The zero-order valence-corrected chi connectivity index (χ0v) is 23.5. The number of imidazole rings is 1. The fourth-order valence-electron chi connectivity index (χ4n) is 5.15. The van der Waals surface area contributed by atoms with Gasteiger partial charge in [0, 0.05) is 64.9 Å². The summed E-state index contributed by atoms with van der Waals surface area (Å²) in [5.74, 6) is 0.549. The quantitative estimate of drug-likeness (QED) is 0.291. The monoisotopic (exact) mass is 546 g/mol. The Morgan fingerprint density at radius 1 is 1.11 bits per heavy atom. The maximum atomic E-state index is 13.3. The number of nitrogens with zero attached hydrogens (tertiary/aromatic N) is 4. The highest BCUT2D eigenvalue weighted by molar-refractivity contribution is 7.15. The summed E-state index contributed by atoms with van der Waals surface area (Å²) in [5.41, 5.74) is 1.64. The first-order valence-corrected chi connectivity index (χ1v) is 15.4. The van der Waals surface area contributed by atoms with Crippen LogP contribution >= 0.6 is 22.9 Å². The Labute approximate surface area is 225 Å². The number of aromatic nitrogens is 4. The molecule has 0 spiro atoms. The van der Waals surface area contributed by atoms with E-state index < -0.39 is 8.32 Å². The number of thiophene rings is 1. The van der Waals surface area contributed by atoms with E-state index in [1.807, 2.05) is 52.8 Å². The average molecular weight is 547 g/mol. The van der Waals surface area contributed by atoms with Crippen LogP contribution in [0.3, 0.4) is 0 Å². The largest absolute Gasteiger partial charge is 0.407 e. The molecule has 37 heavy (non-hydrogen) atoms. The van der Waals surface area contributed by atoms with Gasteiger partial charge in [-0.15, -0.1) is 11.3 Å². The maximum absolute atomic E-state index is 13.3. The highest BCUT2D eigenvalue weighted by Crippen LogP contribution is 2.34. The molecule has 1 fully saturated rings. The molecule has 1 aliphatic carbocycles. The second-order valence-corrected chi connectivity index (χ2v) is 14.9. The normalized spacial score (nSPS) is 15.2. The van der Waals surface area contributed by atoms with Crippen molar-refractivity contribution in [2.45, 2.75) is 26.3 Å². The van der Waals surface area contributed by atoms with E-state index in [0.717, 1.165) is 50.0 Å². The maximum Gasteiger partial charge on any atom is 0.307 e. The molecule has 0 unspecified atom stereocenters. The molecule has 1 aliphatic rings. The zero-order chi connectivity index (χ0) is 25.7. The van der Waals surface area contributed by atoms with Crippen LogP contribution in [0, 0.1) is 12.8 Å². The molecule has 0 amide bonds. The minimum Gasteiger partial charge on any atom is -0.407 e. The Hall–Kier alpha value is -3.04.